The first-order valence-electron chi connectivity index (χ1n) is 5.69. The number of anilines is 1. The van der Waals surface area contributed by atoms with Crippen molar-refractivity contribution in [2.45, 2.75) is 19.1 Å². The van der Waals surface area contributed by atoms with Crippen LogP contribution in [0.15, 0.2) is 18.2 Å². The third-order valence-corrected chi connectivity index (χ3v) is 2.70. The summed E-state index contributed by atoms with van der Waals surface area (Å²) in [4.78, 5) is 0. The molecular formula is C12H18N2O3. The zero-order valence-electron chi connectivity index (χ0n) is 10.2. The van der Waals surface area contributed by atoms with Gasteiger partial charge in [-0.1, -0.05) is 6.07 Å². The lowest BCUT2D eigenvalue weighted by molar-refractivity contribution is 0.0904. The lowest BCUT2D eigenvalue weighted by Gasteiger charge is -2.17. The third kappa shape index (κ3) is 2.81. The first-order valence-corrected chi connectivity index (χ1v) is 5.69. The predicted octanol–water partition coefficient (Wildman–Crippen LogP) is 1.76. The molecule has 1 unspecified atom stereocenters. The van der Waals surface area contributed by atoms with Crippen LogP contribution in [0, 0.1) is 0 Å². The van der Waals surface area contributed by atoms with Crippen LogP contribution < -0.4 is 20.3 Å². The highest BCUT2D eigenvalue weighted by Gasteiger charge is 2.15. The maximum atomic E-state index is 5.46. The molecule has 1 aromatic carbocycles. The summed E-state index contributed by atoms with van der Waals surface area (Å²) in [6.45, 7) is 0.814. The molecule has 0 saturated carbocycles. The van der Waals surface area contributed by atoms with Gasteiger partial charge in [-0.05, 0) is 25.0 Å². The van der Waals surface area contributed by atoms with Crippen molar-refractivity contribution < 1.29 is 14.2 Å². The van der Waals surface area contributed by atoms with E-state index in [1.54, 1.807) is 14.2 Å². The first-order chi connectivity index (χ1) is 8.35. The third-order valence-electron chi connectivity index (χ3n) is 2.70. The molecule has 2 N–H and O–H groups in total. The molecule has 1 fully saturated rings. The van der Waals surface area contributed by atoms with Crippen molar-refractivity contribution in [3.63, 3.8) is 0 Å². The molecule has 0 radical (unpaired) electrons. The number of nitrogens with one attached hydrogen (secondary N) is 2. The fraction of sp³-hybridized carbons (Fsp3) is 0.500. The second-order valence-corrected chi connectivity index (χ2v) is 3.81. The maximum Gasteiger partial charge on any atom is 0.185 e. The van der Waals surface area contributed by atoms with Gasteiger partial charge in [0.1, 0.15) is 6.23 Å². The van der Waals surface area contributed by atoms with Gasteiger partial charge in [-0.25, -0.2) is 5.43 Å². The van der Waals surface area contributed by atoms with Gasteiger partial charge in [-0.3, -0.25) is 0 Å². The molecule has 17 heavy (non-hydrogen) atoms. The van der Waals surface area contributed by atoms with Gasteiger partial charge < -0.3 is 19.6 Å². The fourth-order valence-electron chi connectivity index (χ4n) is 1.84. The van der Waals surface area contributed by atoms with E-state index in [9.17, 15) is 0 Å². The van der Waals surface area contributed by atoms with Gasteiger partial charge in [0.2, 0.25) is 0 Å². The Hall–Kier alpha value is -1.46. The van der Waals surface area contributed by atoms with Gasteiger partial charge in [0.25, 0.3) is 0 Å². The minimum absolute atomic E-state index is 0.0610. The summed E-state index contributed by atoms with van der Waals surface area (Å²) in [5.74, 6) is 1.38. The normalized spacial score (nSPS) is 19.1. The van der Waals surface area contributed by atoms with Gasteiger partial charge in [0.15, 0.2) is 11.5 Å². The molecule has 5 heteroatoms. The van der Waals surface area contributed by atoms with E-state index in [1.807, 2.05) is 18.2 Å². The van der Waals surface area contributed by atoms with Gasteiger partial charge in [0.05, 0.1) is 19.9 Å². The number of hydrogen-bond donors (Lipinski definition) is 2. The van der Waals surface area contributed by atoms with Crippen molar-refractivity contribution in [2.75, 3.05) is 26.3 Å². The summed E-state index contributed by atoms with van der Waals surface area (Å²) >= 11 is 0. The standard InChI is InChI=1S/C12H18N2O3/c1-15-10-6-3-5-9(12(10)16-2)13-14-11-7-4-8-17-11/h3,5-6,11,13-14H,4,7-8H2,1-2H3. The van der Waals surface area contributed by atoms with E-state index in [2.05, 4.69) is 10.9 Å². The molecule has 1 heterocycles. The Morgan fingerprint density at radius 2 is 2.18 bits per heavy atom. The molecule has 0 amide bonds. The zero-order chi connectivity index (χ0) is 12.1. The van der Waals surface area contributed by atoms with Crippen LogP contribution >= 0.6 is 0 Å². The highest BCUT2D eigenvalue weighted by molar-refractivity contribution is 5.62. The number of methoxy groups -OCH3 is 2. The highest BCUT2D eigenvalue weighted by atomic mass is 16.5. The molecule has 2 rings (SSSR count). The quantitative estimate of drug-likeness (QED) is 0.765. The molecule has 1 saturated heterocycles. The van der Waals surface area contributed by atoms with E-state index in [-0.39, 0.29) is 6.23 Å². The Balaban J connectivity index is 2.03. The number of hydrogen-bond acceptors (Lipinski definition) is 5. The van der Waals surface area contributed by atoms with Crippen molar-refractivity contribution in [3.05, 3.63) is 18.2 Å². The van der Waals surface area contributed by atoms with Crippen LogP contribution in [0.5, 0.6) is 11.5 Å². The summed E-state index contributed by atoms with van der Waals surface area (Å²) in [6.07, 6.45) is 2.17. The zero-order valence-corrected chi connectivity index (χ0v) is 10.2. The molecular weight excluding hydrogens is 220 g/mol. The van der Waals surface area contributed by atoms with Crippen LogP contribution in [0.4, 0.5) is 5.69 Å². The summed E-state index contributed by atoms with van der Waals surface area (Å²) in [5, 5.41) is 0. The van der Waals surface area contributed by atoms with E-state index >= 15 is 0 Å². The lowest BCUT2D eigenvalue weighted by Crippen LogP contribution is -2.33. The molecule has 0 aliphatic carbocycles. The van der Waals surface area contributed by atoms with Crippen LogP contribution in [0.1, 0.15) is 12.8 Å². The number of rotatable bonds is 5. The molecule has 0 spiro atoms. The topological polar surface area (TPSA) is 51.8 Å². The number of para-hydroxylation sites is 1. The first kappa shape index (κ1) is 12.0. The van der Waals surface area contributed by atoms with Gasteiger partial charge in [0, 0.05) is 6.61 Å². The van der Waals surface area contributed by atoms with Crippen molar-refractivity contribution in [1.29, 1.82) is 0 Å². The summed E-state index contributed by atoms with van der Waals surface area (Å²) in [7, 11) is 3.24. The van der Waals surface area contributed by atoms with Crippen LogP contribution in [0.25, 0.3) is 0 Å². The van der Waals surface area contributed by atoms with Gasteiger partial charge in [-0.15, -0.1) is 0 Å². The second kappa shape index (κ2) is 5.75. The van der Waals surface area contributed by atoms with E-state index in [4.69, 9.17) is 14.2 Å². The van der Waals surface area contributed by atoms with Crippen molar-refractivity contribution in [1.82, 2.24) is 5.43 Å². The Bertz CT molecular complexity index is 365. The van der Waals surface area contributed by atoms with Crippen molar-refractivity contribution in [2.24, 2.45) is 0 Å². The van der Waals surface area contributed by atoms with Crippen LogP contribution in [0.3, 0.4) is 0 Å². The largest absolute Gasteiger partial charge is 0.493 e. The molecule has 5 nitrogen and oxygen atoms in total. The molecule has 1 atom stereocenters. The van der Waals surface area contributed by atoms with Crippen molar-refractivity contribution >= 4 is 5.69 Å². The number of benzene rings is 1. The predicted molar refractivity (Wildman–Crippen MR) is 65.3 cm³/mol. The number of hydrazine groups is 1. The number of ether oxygens (including phenoxy) is 3. The fourth-order valence-corrected chi connectivity index (χ4v) is 1.84. The van der Waals surface area contributed by atoms with E-state index in [1.165, 1.54) is 0 Å². The Morgan fingerprint density at radius 1 is 1.29 bits per heavy atom. The van der Waals surface area contributed by atoms with E-state index in [0.29, 0.717) is 11.5 Å². The van der Waals surface area contributed by atoms with Crippen LogP contribution in [-0.4, -0.2) is 27.1 Å². The second-order valence-electron chi connectivity index (χ2n) is 3.81. The molecule has 0 bridgehead atoms. The molecule has 1 aromatic rings. The molecule has 0 aromatic heterocycles. The minimum atomic E-state index is 0.0610. The minimum Gasteiger partial charge on any atom is -0.493 e. The Morgan fingerprint density at radius 3 is 2.82 bits per heavy atom. The molecule has 94 valence electrons. The van der Waals surface area contributed by atoms with Gasteiger partial charge in [-0.2, -0.15) is 0 Å². The highest BCUT2D eigenvalue weighted by Crippen LogP contribution is 2.34. The smallest absolute Gasteiger partial charge is 0.185 e. The molecule has 1 aliphatic rings. The van der Waals surface area contributed by atoms with Crippen LogP contribution in [-0.2, 0) is 4.74 Å². The lowest BCUT2D eigenvalue weighted by atomic mass is 10.2. The van der Waals surface area contributed by atoms with E-state index in [0.717, 1.165) is 25.1 Å². The van der Waals surface area contributed by atoms with E-state index < -0.39 is 0 Å². The maximum absolute atomic E-state index is 5.46. The van der Waals surface area contributed by atoms with Crippen molar-refractivity contribution in [3.8, 4) is 11.5 Å². The summed E-state index contributed by atoms with van der Waals surface area (Å²) in [6, 6.07) is 5.68. The SMILES string of the molecule is COc1cccc(NNC2CCCO2)c1OC. The van der Waals surface area contributed by atoms with Crippen LogP contribution in [0.2, 0.25) is 0 Å². The Kier molecular flexibility index (Phi) is 4.06. The average molecular weight is 238 g/mol. The summed E-state index contributed by atoms with van der Waals surface area (Å²) < 4.78 is 16.0. The monoisotopic (exact) mass is 238 g/mol. The van der Waals surface area contributed by atoms with Gasteiger partial charge >= 0.3 is 0 Å². The molecule has 1 aliphatic heterocycles. The Labute approximate surface area is 101 Å². The summed E-state index contributed by atoms with van der Waals surface area (Å²) in [5.41, 5.74) is 7.05. The average Bonchev–Trinajstić information content (AvgIpc) is 2.88.